The first-order chi connectivity index (χ1) is 6.41. The molecular formula is C12H22N2. The second-order valence-electron chi connectivity index (χ2n) is 3.78. The van der Waals surface area contributed by atoms with E-state index in [1.54, 1.807) is 0 Å². The van der Waals surface area contributed by atoms with Gasteiger partial charge >= 0.3 is 0 Å². The number of nitrogens with zero attached hydrogens (tertiary/aromatic N) is 1. The lowest BCUT2D eigenvalue weighted by atomic mass is 10.1. The highest BCUT2D eigenvalue weighted by Crippen LogP contribution is 2.19. The monoisotopic (exact) mass is 194 g/mol. The molecule has 0 aliphatic carbocycles. The van der Waals surface area contributed by atoms with Crippen LogP contribution in [-0.4, -0.2) is 25.0 Å². The van der Waals surface area contributed by atoms with Crippen molar-refractivity contribution >= 4 is 0 Å². The molecule has 0 radical (unpaired) electrons. The average Bonchev–Trinajstić information content (AvgIpc) is 2.11. The van der Waals surface area contributed by atoms with E-state index in [2.05, 4.69) is 44.3 Å². The predicted octanol–water partition coefficient (Wildman–Crippen LogP) is 2.52. The molecule has 0 heterocycles. The zero-order valence-corrected chi connectivity index (χ0v) is 10.0. The molecule has 0 rings (SSSR count). The first-order valence-electron chi connectivity index (χ1n) is 4.87. The van der Waals surface area contributed by atoms with E-state index in [4.69, 9.17) is 0 Å². The standard InChI is InChI=1S/C12H22N2/c1-9(2)11(5)12(8-13-6)14(7)10(3)4/h8,10,13H,1,5H2,2-4,6-7H3/b12-8-. The van der Waals surface area contributed by atoms with Gasteiger partial charge in [-0.3, -0.25) is 0 Å². The van der Waals surface area contributed by atoms with Crippen LogP contribution in [0.15, 0.2) is 36.2 Å². The summed E-state index contributed by atoms with van der Waals surface area (Å²) in [7, 11) is 3.95. The second-order valence-corrected chi connectivity index (χ2v) is 3.78. The van der Waals surface area contributed by atoms with Crippen LogP contribution in [0.25, 0.3) is 0 Å². The van der Waals surface area contributed by atoms with E-state index < -0.39 is 0 Å². The highest BCUT2D eigenvalue weighted by atomic mass is 15.1. The summed E-state index contributed by atoms with van der Waals surface area (Å²) >= 11 is 0. The number of likely N-dealkylation sites (N-methyl/N-ethyl adjacent to an activating group) is 1. The lowest BCUT2D eigenvalue weighted by Crippen LogP contribution is -2.27. The van der Waals surface area contributed by atoms with E-state index in [0.29, 0.717) is 6.04 Å². The Hall–Kier alpha value is -1.18. The molecule has 0 aromatic carbocycles. The summed E-state index contributed by atoms with van der Waals surface area (Å²) in [5.74, 6) is 0. The molecule has 0 saturated heterocycles. The maximum absolute atomic E-state index is 4.03. The van der Waals surface area contributed by atoms with Gasteiger partial charge in [-0.2, -0.15) is 0 Å². The van der Waals surface area contributed by atoms with Crippen LogP contribution in [0.2, 0.25) is 0 Å². The highest BCUT2D eigenvalue weighted by Gasteiger charge is 2.11. The SMILES string of the molecule is C=C(C)C(=C)/C(=C/NC)N(C)C(C)C. The predicted molar refractivity (Wildman–Crippen MR) is 64.0 cm³/mol. The number of nitrogens with one attached hydrogen (secondary N) is 1. The molecular weight excluding hydrogens is 172 g/mol. The number of hydrogen-bond acceptors (Lipinski definition) is 2. The summed E-state index contributed by atoms with van der Waals surface area (Å²) in [6, 6.07) is 0.450. The molecule has 0 aromatic heterocycles. The molecule has 1 N–H and O–H groups in total. The third kappa shape index (κ3) is 3.29. The van der Waals surface area contributed by atoms with Crippen molar-refractivity contribution in [1.82, 2.24) is 10.2 Å². The van der Waals surface area contributed by atoms with Crippen molar-refractivity contribution in [2.45, 2.75) is 26.8 Å². The fraction of sp³-hybridized carbons (Fsp3) is 0.500. The summed E-state index contributed by atoms with van der Waals surface area (Å²) in [4.78, 5) is 2.17. The molecule has 2 nitrogen and oxygen atoms in total. The normalized spacial score (nSPS) is 11.4. The summed E-state index contributed by atoms with van der Waals surface area (Å²) in [5.41, 5.74) is 3.07. The molecule has 14 heavy (non-hydrogen) atoms. The van der Waals surface area contributed by atoms with Gasteiger partial charge in [0.05, 0.1) is 5.70 Å². The van der Waals surface area contributed by atoms with Crippen LogP contribution in [-0.2, 0) is 0 Å². The van der Waals surface area contributed by atoms with Gasteiger partial charge in [0.25, 0.3) is 0 Å². The van der Waals surface area contributed by atoms with Gasteiger partial charge in [-0.15, -0.1) is 0 Å². The Morgan fingerprint density at radius 1 is 1.36 bits per heavy atom. The molecule has 0 aliphatic rings. The van der Waals surface area contributed by atoms with Crippen molar-refractivity contribution < 1.29 is 0 Å². The Labute approximate surface area is 88.0 Å². The number of allylic oxidation sites excluding steroid dienone is 1. The molecule has 0 spiro atoms. The molecule has 80 valence electrons. The average molecular weight is 194 g/mol. The molecule has 0 saturated carbocycles. The van der Waals surface area contributed by atoms with Gasteiger partial charge in [0.1, 0.15) is 0 Å². The zero-order valence-electron chi connectivity index (χ0n) is 10.0. The third-order valence-corrected chi connectivity index (χ3v) is 2.26. The van der Waals surface area contributed by atoms with Crippen molar-refractivity contribution in [3.05, 3.63) is 36.2 Å². The molecule has 0 unspecified atom stereocenters. The van der Waals surface area contributed by atoms with Gasteiger partial charge in [-0.05, 0) is 31.9 Å². The third-order valence-electron chi connectivity index (χ3n) is 2.26. The van der Waals surface area contributed by atoms with E-state index >= 15 is 0 Å². The van der Waals surface area contributed by atoms with Crippen LogP contribution < -0.4 is 5.32 Å². The minimum atomic E-state index is 0.450. The van der Waals surface area contributed by atoms with Crippen LogP contribution in [0.4, 0.5) is 0 Å². The highest BCUT2D eigenvalue weighted by molar-refractivity contribution is 5.41. The quantitative estimate of drug-likeness (QED) is 0.677. The largest absolute Gasteiger partial charge is 0.392 e. The minimum absolute atomic E-state index is 0.450. The van der Waals surface area contributed by atoms with Crippen LogP contribution >= 0.6 is 0 Å². The fourth-order valence-corrected chi connectivity index (χ4v) is 1.04. The summed E-state index contributed by atoms with van der Waals surface area (Å²) in [6.45, 7) is 14.2. The first kappa shape index (κ1) is 12.8. The molecule has 0 atom stereocenters. The van der Waals surface area contributed by atoms with Gasteiger partial charge in [0.2, 0.25) is 0 Å². The molecule has 0 bridgehead atoms. The Morgan fingerprint density at radius 3 is 2.14 bits per heavy atom. The minimum Gasteiger partial charge on any atom is -0.392 e. The van der Waals surface area contributed by atoms with E-state index in [0.717, 1.165) is 16.8 Å². The van der Waals surface area contributed by atoms with Crippen LogP contribution in [0.1, 0.15) is 20.8 Å². The fourth-order valence-electron chi connectivity index (χ4n) is 1.04. The lowest BCUT2D eigenvalue weighted by Gasteiger charge is -2.28. The zero-order chi connectivity index (χ0) is 11.3. The smallest absolute Gasteiger partial charge is 0.0595 e. The Balaban J connectivity index is 4.87. The van der Waals surface area contributed by atoms with Crippen molar-refractivity contribution in [3.8, 4) is 0 Å². The van der Waals surface area contributed by atoms with Crippen molar-refractivity contribution in [2.24, 2.45) is 0 Å². The van der Waals surface area contributed by atoms with Crippen molar-refractivity contribution in [1.29, 1.82) is 0 Å². The Bertz CT molecular complexity index is 249. The summed E-state index contributed by atoms with van der Waals surface area (Å²) in [6.07, 6.45) is 1.96. The van der Waals surface area contributed by atoms with Crippen molar-refractivity contribution in [2.75, 3.05) is 14.1 Å². The molecule has 2 heteroatoms. The van der Waals surface area contributed by atoms with E-state index in [-0.39, 0.29) is 0 Å². The van der Waals surface area contributed by atoms with E-state index in [1.807, 2.05) is 20.2 Å². The van der Waals surface area contributed by atoms with Gasteiger partial charge in [-0.25, -0.2) is 0 Å². The maximum atomic E-state index is 4.03. The van der Waals surface area contributed by atoms with Gasteiger partial charge in [0, 0.05) is 26.3 Å². The molecule has 0 aliphatic heterocycles. The van der Waals surface area contributed by atoms with E-state index in [9.17, 15) is 0 Å². The number of rotatable bonds is 5. The van der Waals surface area contributed by atoms with Crippen LogP contribution in [0.3, 0.4) is 0 Å². The molecule has 0 aromatic rings. The summed E-state index contributed by atoms with van der Waals surface area (Å²) in [5, 5.41) is 3.03. The second kappa shape index (κ2) is 5.53. The van der Waals surface area contributed by atoms with Gasteiger partial charge in [0.15, 0.2) is 0 Å². The lowest BCUT2D eigenvalue weighted by molar-refractivity contribution is 0.349. The van der Waals surface area contributed by atoms with Crippen LogP contribution in [0.5, 0.6) is 0 Å². The first-order valence-corrected chi connectivity index (χ1v) is 4.87. The molecule has 0 fully saturated rings. The number of hydrogen-bond donors (Lipinski definition) is 1. The Morgan fingerprint density at radius 2 is 1.86 bits per heavy atom. The topological polar surface area (TPSA) is 15.3 Å². The van der Waals surface area contributed by atoms with Crippen LogP contribution in [0, 0.1) is 0 Å². The maximum Gasteiger partial charge on any atom is 0.0595 e. The summed E-state index contributed by atoms with van der Waals surface area (Å²) < 4.78 is 0. The van der Waals surface area contributed by atoms with Gasteiger partial charge < -0.3 is 10.2 Å². The molecule has 0 amide bonds. The van der Waals surface area contributed by atoms with Gasteiger partial charge in [-0.1, -0.05) is 13.2 Å². The van der Waals surface area contributed by atoms with Crippen molar-refractivity contribution in [3.63, 3.8) is 0 Å². The Kier molecular flexibility index (Phi) is 5.06. The van der Waals surface area contributed by atoms with E-state index in [1.165, 1.54) is 0 Å².